The molecule has 0 aliphatic heterocycles. The van der Waals surface area contributed by atoms with Gasteiger partial charge in [-0.2, -0.15) is 5.26 Å². The summed E-state index contributed by atoms with van der Waals surface area (Å²) in [7, 11) is 0. The van der Waals surface area contributed by atoms with E-state index in [0.29, 0.717) is 29.9 Å². The van der Waals surface area contributed by atoms with Crippen LogP contribution in [0.3, 0.4) is 0 Å². The monoisotopic (exact) mass is 261 g/mol. The number of nitriles is 1. The molecule has 1 aromatic rings. The van der Waals surface area contributed by atoms with E-state index in [4.69, 9.17) is 0 Å². The van der Waals surface area contributed by atoms with E-state index < -0.39 is 11.5 Å². The molecule has 1 aliphatic rings. The minimum absolute atomic E-state index is 0.278. The number of aryl methyl sites for hydroxylation is 1. The Balaban J connectivity index is 2.28. The van der Waals surface area contributed by atoms with Gasteiger partial charge in [0.05, 0.1) is 17.6 Å². The molecule has 0 aromatic heterocycles. The van der Waals surface area contributed by atoms with Crippen molar-refractivity contribution >= 4 is 0 Å². The smallest absolute Gasteiger partial charge is 0.126 e. The zero-order valence-corrected chi connectivity index (χ0v) is 11.5. The fourth-order valence-electron chi connectivity index (χ4n) is 2.88. The Bertz CT molecular complexity index is 498. The van der Waals surface area contributed by atoms with Crippen LogP contribution in [-0.4, -0.2) is 5.11 Å². The Kier molecular flexibility index (Phi) is 3.91. The molecule has 19 heavy (non-hydrogen) atoms. The average molecular weight is 261 g/mol. The van der Waals surface area contributed by atoms with Crippen molar-refractivity contribution in [3.63, 3.8) is 0 Å². The lowest BCUT2D eigenvalue weighted by Crippen LogP contribution is -2.32. The van der Waals surface area contributed by atoms with Gasteiger partial charge in [-0.15, -0.1) is 0 Å². The summed E-state index contributed by atoms with van der Waals surface area (Å²) in [6, 6.07) is 6.93. The van der Waals surface area contributed by atoms with E-state index in [2.05, 4.69) is 13.0 Å². The van der Waals surface area contributed by atoms with Crippen molar-refractivity contribution < 1.29 is 9.50 Å². The van der Waals surface area contributed by atoms with Crippen LogP contribution < -0.4 is 0 Å². The first kappa shape index (κ1) is 14.0. The van der Waals surface area contributed by atoms with Gasteiger partial charge in [-0.05, 0) is 55.7 Å². The van der Waals surface area contributed by atoms with Crippen LogP contribution >= 0.6 is 0 Å². The Morgan fingerprint density at radius 1 is 1.42 bits per heavy atom. The summed E-state index contributed by atoms with van der Waals surface area (Å²) in [4.78, 5) is 0. The van der Waals surface area contributed by atoms with E-state index in [9.17, 15) is 14.8 Å². The number of halogens is 1. The van der Waals surface area contributed by atoms with Gasteiger partial charge >= 0.3 is 0 Å². The maximum atomic E-state index is 13.3. The van der Waals surface area contributed by atoms with Gasteiger partial charge in [0.15, 0.2) is 0 Å². The number of rotatable bonds is 2. The minimum atomic E-state index is -0.829. The number of hydrogen-bond acceptors (Lipinski definition) is 2. The third-order valence-corrected chi connectivity index (χ3v) is 4.41. The number of benzene rings is 1. The van der Waals surface area contributed by atoms with Crippen molar-refractivity contribution in [3.8, 4) is 6.07 Å². The molecule has 1 fully saturated rings. The molecule has 0 bridgehead atoms. The van der Waals surface area contributed by atoms with Crippen LogP contribution in [0, 0.1) is 35.4 Å². The lowest BCUT2D eigenvalue weighted by molar-refractivity contribution is 0.0265. The van der Waals surface area contributed by atoms with Crippen molar-refractivity contribution in [2.75, 3.05) is 0 Å². The van der Waals surface area contributed by atoms with E-state index in [0.717, 1.165) is 12.8 Å². The quantitative estimate of drug-likeness (QED) is 0.877. The van der Waals surface area contributed by atoms with Crippen molar-refractivity contribution in [2.24, 2.45) is 11.3 Å². The fraction of sp³-hybridized carbons (Fsp3) is 0.562. The average Bonchev–Trinajstić information content (AvgIpc) is 2.42. The van der Waals surface area contributed by atoms with Crippen LogP contribution in [0.15, 0.2) is 18.2 Å². The summed E-state index contributed by atoms with van der Waals surface area (Å²) in [5.74, 6) is 0.336. The van der Waals surface area contributed by atoms with Gasteiger partial charge in [-0.3, -0.25) is 0 Å². The molecule has 0 amide bonds. The minimum Gasteiger partial charge on any atom is -0.387 e. The number of hydrogen-bond donors (Lipinski definition) is 1. The van der Waals surface area contributed by atoms with Crippen molar-refractivity contribution in [1.82, 2.24) is 0 Å². The first-order valence-electron chi connectivity index (χ1n) is 6.84. The van der Waals surface area contributed by atoms with E-state index >= 15 is 0 Å². The van der Waals surface area contributed by atoms with E-state index in [1.807, 2.05) is 0 Å². The zero-order valence-electron chi connectivity index (χ0n) is 11.5. The predicted molar refractivity (Wildman–Crippen MR) is 71.8 cm³/mol. The molecule has 0 heterocycles. The third kappa shape index (κ3) is 2.64. The Labute approximate surface area is 113 Å². The summed E-state index contributed by atoms with van der Waals surface area (Å²) >= 11 is 0. The van der Waals surface area contributed by atoms with Gasteiger partial charge in [-0.25, -0.2) is 4.39 Å². The second kappa shape index (κ2) is 5.30. The summed E-state index contributed by atoms with van der Waals surface area (Å²) in [6.07, 6.45) is 2.52. The highest BCUT2D eigenvalue weighted by Gasteiger charge is 2.41. The highest BCUT2D eigenvalue weighted by atomic mass is 19.1. The summed E-state index contributed by atoms with van der Waals surface area (Å²) in [6.45, 7) is 3.85. The molecular weight excluding hydrogens is 241 g/mol. The van der Waals surface area contributed by atoms with Crippen molar-refractivity contribution in [1.29, 1.82) is 5.26 Å². The van der Waals surface area contributed by atoms with Crippen LogP contribution in [0.4, 0.5) is 4.39 Å². The molecule has 0 saturated heterocycles. The Morgan fingerprint density at radius 2 is 2.05 bits per heavy atom. The molecule has 1 aromatic carbocycles. The molecule has 2 rings (SSSR count). The van der Waals surface area contributed by atoms with Gasteiger partial charge in [0.25, 0.3) is 0 Å². The molecule has 3 heteroatoms. The molecule has 1 aliphatic carbocycles. The van der Waals surface area contributed by atoms with Crippen LogP contribution in [0.5, 0.6) is 0 Å². The summed E-state index contributed by atoms with van der Waals surface area (Å²) in [5, 5.41) is 20.1. The Hall–Kier alpha value is -1.40. The molecule has 2 nitrogen and oxygen atoms in total. The molecule has 1 atom stereocenters. The SMILES string of the molecule is Cc1cc(C(O)C2(C#N)CCC(C)CC2)ccc1F. The zero-order chi connectivity index (χ0) is 14.0. The number of aliphatic hydroxyl groups excluding tert-OH is 1. The molecule has 1 N–H and O–H groups in total. The Morgan fingerprint density at radius 3 is 2.58 bits per heavy atom. The first-order chi connectivity index (χ1) is 8.98. The van der Waals surface area contributed by atoms with Crippen LogP contribution in [0.1, 0.15) is 49.8 Å². The largest absolute Gasteiger partial charge is 0.387 e. The third-order valence-electron chi connectivity index (χ3n) is 4.41. The highest BCUT2D eigenvalue weighted by Crippen LogP contribution is 2.47. The van der Waals surface area contributed by atoms with E-state index in [1.165, 1.54) is 6.07 Å². The van der Waals surface area contributed by atoms with Crippen LogP contribution in [0.2, 0.25) is 0 Å². The lowest BCUT2D eigenvalue weighted by atomic mass is 9.67. The van der Waals surface area contributed by atoms with Crippen molar-refractivity contribution in [2.45, 2.75) is 45.6 Å². The second-order valence-corrected chi connectivity index (χ2v) is 5.86. The lowest BCUT2D eigenvalue weighted by Gasteiger charge is -2.37. The van der Waals surface area contributed by atoms with Gasteiger partial charge in [0.1, 0.15) is 5.82 Å². The van der Waals surface area contributed by atoms with Gasteiger partial charge in [0.2, 0.25) is 0 Å². The number of nitrogens with zero attached hydrogens (tertiary/aromatic N) is 1. The molecular formula is C16H20FNO. The second-order valence-electron chi connectivity index (χ2n) is 5.86. The highest BCUT2D eigenvalue weighted by molar-refractivity contribution is 5.28. The summed E-state index contributed by atoms with van der Waals surface area (Å²) < 4.78 is 13.3. The van der Waals surface area contributed by atoms with Gasteiger partial charge in [-0.1, -0.05) is 19.1 Å². The summed E-state index contributed by atoms with van der Waals surface area (Å²) in [5.41, 5.74) is 0.445. The van der Waals surface area contributed by atoms with E-state index in [1.54, 1.807) is 19.1 Å². The van der Waals surface area contributed by atoms with Gasteiger partial charge in [0, 0.05) is 0 Å². The molecule has 1 saturated carbocycles. The predicted octanol–water partition coefficient (Wildman–Crippen LogP) is 3.89. The topological polar surface area (TPSA) is 44.0 Å². The fourth-order valence-corrected chi connectivity index (χ4v) is 2.88. The maximum absolute atomic E-state index is 13.3. The van der Waals surface area contributed by atoms with Crippen LogP contribution in [0.25, 0.3) is 0 Å². The molecule has 102 valence electrons. The standard InChI is InChI=1S/C16H20FNO/c1-11-5-7-16(10-18,8-6-11)15(19)13-3-4-14(17)12(2)9-13/h3-4,9,11,15,19H,5-8H2,1-2H3. The molecule has 0 radical (unpaired) electrons. The van der Waals surface area contributed by atoms with Gasteiger partial charge < -0.3 is 5.11 Å². The maximum Gasteiger partial charge on any atom is 0.126 e. The molecule has 1 unspecified atom stereocenters. The normalized spacial score (nSPS) is 28.7. The number of aliphatic hydroxyl groups is 1. The first-order valence-corrected chi connectivity index (χ1v) is 6.84. The van der Waals surface area contributed by atoms with Crippen LogP contribution in [-0.2, 0) is 0 Å². The van der Waals surface area contributed by atoms with E-state index in [-0.39, 0.29) is 5.82 Å². The molecule has 0 spiro atoms. The van der Waals surface area contributed by atoms with Crippen molar-refractivity contribution in [3.05, 3.63) is 35.1 Å².